The van der Waals surface area contributed by atoms with Crippen LogP contribution in [0.25, 0.3) is 0 Å². The third-order valence-electron chi connectivity index (χ3n) is 4.34. The fourth-order valence-electron chi connectivity index (χ4n) is 3.38. The average molecular weight is 314 g/mol. The SMILES string of the molecule is CCCNC(c1cscc1Br)C1CC2CC2C1. The fraction of sp³-hybridized carbons (Fsp3) is 0.714. The van der Waals surface area contributed by atoms with Gasteiger partial charge in [-0.2, -0.15) is 11.3 Å². The fourth-order valence-corrected chi connectivity index (χ4v) is 4.96. The molecule has 1 N–H and O–H groups in total. The van der Waals surface area contributed by atoms with Crippen LogP contribution in [-0.2, 0) is 0 Å². The Bertz CT molecular complexity index is 379. The highest BCUT2D eigenvalue weighted by molar-refractivity contribution is 9.10. The number of hydrogen-bond donors (Lipinski definition) is 1. The summed E-state index contributed by atoms with van der Waals surface area (Å²) in [5, 5.41) is 8.31. The first-order chi connectivity index (χ1) is 8.29. The van der Waals surface area contributed by atoms with E-state index < -0.39 is 0 Å². The van der Waals surface area contributed by atoms with Crippen molar-refractivity contribution in [1.82, 2.24) is 5.32 Å². The molecule has 2 fully saturated rings. The van der Waals surface area contributed by atoms with Crippen molar-refractivity contribution < 1.29 is 0 Å². The van der Waals surface area contributed by atoms with Gasteiger partial charge in [-0.05, 0) is 76.9 Å². The zero-order valence-electron chi connectivity index (χ0n) is 10.3. The topological polar surface area (TPSA) is 12.0 Å². The minimum Gasteiger partial charge on any atom is -0.310 e. The van der Waals surface area contributed by atoms with Gasteiger partial charge in [-0.25, -0.2) is 0 Å². The maximum Gasteiger partial charge on any atom is 0.0368 e. The van der Waals surface area contributed by atoms with Crippen LogP contribution in [0.1, 0.15) is 44.2 Å². The maximum absolute atomic E-state index is 3.77. The molecule has 3 atom stereocenters. The number of nitrogens with one attached hydrogen (secondary N) is 1. The van der Waals surface area contributed by atoms with Crippen molar-refractivity contribution in [3.8, 4) is 0 Å². The van der Waals surface area contributed by atoms with Crippen molar-refractivity contribution in [3.63, 3.8) is 0 Å². The van der Waals surface area contributed by atoms with Gasteiger partial charge in [-0.3, -0.25) is 0 Å². The Hall–Kier alpha value is 0.140. The van der Waals surface area contributed by atoms with Crippen LogP contribution in [0, 0.1) is 17.8 Å². The van der Waals surface area contributed by atoms with Crippen LogP contribution in [0.3, 0.4) is 0 Å². The molecule has 1 aromatic heterocycles. The second kappa shape index (κ2) is 5.02. The lowest BCUT2D eigenvalue weighted by Gasteiger charge is -2.26. The summed E-state index contributed by atoms with van der Waals surface area (Å²) in [5.74, 6) is 3.02. The van der Waals surface area contributed by atoms with E-state index in [0.717, 1.165) is 24.3 Å². The molecule has 3 rings (SSSR count). The molecule has 0 radical (unpaired) electrons. The van der Waals surface area contributed by atoms with Gasteiger partial charge in [0.25, 0.3) is 0 Å². The predicted octanol–water partition coefficient (Wildman–Crippen LogP) is 4.60. The standard InChI is InChI=1S/C14H20BrNS/c1-2-3-16-14(12-7-17-8-13(12)15)11-5-9-4-10(9)6-11/h7-11,14,16H,2-6H2,1H3. The molecule has 17 heavy (non-hydrogen) atoms. The molecule has 0 amide bonds. The quantitative estimate of drug-likeness (QED) is 0.838. The first-order valence-electron chi connectivity index (χ1n) is 6.74. The average Bonchev–Trinajstić information content (AvgIpc) is 2.74. The minimum absolute atomic E-state index is 0.586. The molecule has 2 aliphatic rings. The van der Waals surface area contributed by atoms with Crippen LogP contribution in [0.2, 0.25) is 0 Å². The number of rotatable bonds is 5. The minimum atomic E-state index is 0.586. The Morgan fingerprint density at radius 3 is 2.71 bits per heavy atom. The smallest absolute Gasteiger partial charge is 0.0368 e. The van der Waals surface area contributed by atoms with Gasteiger partial charge in [0.2, 0.25) is 0 Å². The highest BCUT2D eigenvalue weighted by atomic mass is 79.9. The van der Waals surface area contributed by atoms with Crippen molar-refractivity contribution in [2.75, 3.05) is 6.54 Å². The molecule has 0 aromatic carbocycles. The summed E-state index contributed by atoms with van der Waals surface area (Å²) < 4.78 is 1.30. The van der Waals surface area contributed by atoms with Crippen LogP contribution in [0.4, 0.5) is 0 Å². The van der Waals surface area contributed by atoms with Gasteiger partial charge < -0.3 is 5.32 Å². The highest BCUT2D eigenvalue weighted by Crippen LogP contribution is 2.57. The first-order valence-corrected chi connectivity index (χ1v) is 8.48. The van der Waals surface area contributed by atoms with Gasteiger partial charge in [0, 0.05) is 15.9 Å². The Labute approximate surface area is 116 Å². The van der Waals surface area contributed by atoms with Crippen LogP contribution in [0.5, 0.6) is 0 Å². The van der Waals surface area contributed by atoms with Crippen LogP contribution >= 0.6 is 27.3 Å². The molecule has 3 heteroatoms. The molecule has 0 saturated heterocycles. The summed E-state index contributed by atoms with van der Waals surface area (Å²) >= 11 is 5.51. The highest BCUT2D eigenvalue weighted by Gasteiger charge is 2.48. The normalized spacial score (nSPS) is 32.5. The summed E-state index contributed by atoms with van der Waals surface area (Å²) in [6.45, 7) is 3.39. The van der Waals surface area contributed by atoms with E-state index in [9.17, 15) is 0 Å². The van der Waals surface area contributed by atoms with Crippen molar-refractivity contribution in [3.05, 3.63) is 20.8 Å². The summed E-state index contributed by atoms with van der Waals surface area (Å²) in [7, 11) is 0. The molecular formula is C14H20BrNS. The van der Waals surface area contributed by atoms with Gasteiger partial charge in [0.1, 0.15) is 0 Å². The largest absolute Gasteiger partial charge is 0.310 e. The van der Waals surface area contributed by atoms with E-state index in [1.807, 2.05) is 11.3 Å². The molecule has 0 aliphatic heterocycles. The van der Waals surface area contributed by atoms with Crippen LogP contribution in [-0.4, -0.2) is 6.54 Å². The monoisotopic (exact) mass is 313 g/mol. The summed E-state index contributed by atoms with van der Waals surface area (Å²) in [6, 6.07) is 0.586. The lowest BCUT2D eigenvalue weighted by molar-refractivity contribution is 0.341. The van der Waals surface area contributed by atoms with Gasteiger partial charge in [0.15, 0.2) is 0 Å². The zero-order chi connectivity index (χ0) is 11.8. The van der Waals surface area contributed by atoms with E-state index in [0.29, 0.717) is 6.04 Å². The number of hydrogen-bond acceptors (Lipinski definition) is 2. The molecule has 3 unspecified atom stereocenters. The van der Waals surface area contributed by atoms with E-state index >= 15 is 0 Å². The molecule has 1 aromatic rings. The lowest BCUT2D eigenvalue weighted by atomic mass is 9.90. The summed E-state index contributed by atoms with van der Waals surface area (Å²) in [5.41, 5.74) is 1.50. The maximum atomic E-state index is 3.77. The Morgan fingerprint density at radius 1 is 1.35 bits per heavy atom. The summed E-state index contributed by atoms with van der Waals surface area (Å²) in [4.78, 5) is 0. The van der Waals surface area contributed by atoms with Crippen molar-refractivity contribution in [1.29, 1.82) is 0 Å². The first kappa shape index (κ1) is 12.2. The molecule has 94 valence electrons. The molecule has 0 bridgehead atoms. The van der Waals surface area contributed by atoms with Gasteiger partial charge in [-0.15, -0.1) is 0 Å². The lowest BCUT2D eigenvalue weighted by Crippen LogP contribution is -2.28. The third kappa shape index (κ3) is 2.47. The molecule has 2 saturated carbocycles. The Morgan fingerprint density at radius 2 is 2.12 bits per heavy atom. The van der Waals surface area contributed by atoms with Crippen LogP contribution < -0.4 is 5.32 Å². The number of thiophene rings is 1. The predicted molar refractivity (Wildman–Crippen MR) is 77.4 cm³/mol. The molecule has 0 spiro atoms. The van der Waals surface area contributed by atoms with Gasteiger partial charge >= 0.3 is 0 Å². The van der Waals surface area contributed by atoms with E-state index in [1.165, 1.54) is 35.7 Å². The van der Waals surface area contributed by atoms with Crippen LogP contribution in [0.15, 0.2) is 15.2 Å². The van der Waals surface area contributed by atoms with E-state index in [-0.39, 0.29) is 0 Å². The molecule has 1 nitrogen and oxygen atoms in total. The molecule has 1 heterocycles. The molecular weight excluding hydrogens is 294 g/mol. The number of fused-ring (bicyclic) bond motifs is 1. The third-order valence-corrected chi connectivity index (χ3v) is 6.09. The molecule has 2 aliphatic carbocycles. The zero-order valence-corrected chi connectivity index (χ0v) is 12.7. The second-order valence-electron chi connectivity index (χ2n) is 5.59. The van der Waals surface area contributed by atoms with E-state index in [1.54, 1.807) is 0 Å². The number of halogens is 1. The van der Waals surface area contributed by atoms with E-state index in [2.05, 4.69) is 38.9 Å². The summed E-state index contributed by atoms with van der Waals surface area (Å²) in [6.07, 6.45) is 5.64. The Balaban J connectivity index is 1.74. The Kier molecular flexibility index (Phi) is 3.60. The van der Waals surface area contributed by atoms with Gasteiger partial charge in [-0.1, -0.05) is 6.92 Å². The van der Waals surface area contributed by atoms with Crippen molar-refractivity contribution in [2.45, 2.75) is 38.6 Å². The van der Waals surface area contributed by atoms with Crippen molar-refractivity contribution >= 4 is 27.3 Å². The van der Waals surface area contributed by atoms with E-state index in [4.69, 9.17) is 0 Å². The van der Waals surface area contributed by atoms with Crippen molar-refractivity contribution in [2.24, 2.45) is 17.8 Å². The van der Waals surface area contributed by atoms with Gasteiger partial charge in [0.05, 0.1) is 0 Å². The second-order valence-corrected chi connectivity index (χ2v) is 7.19.